The molecular formula is C11H8F2N4O3. The average Bonchev–Trinajstić information content (AvgIpc) is 2.74. The lowest BCUT2D eigenvalue weighted by Gasteiger charge is -2.05. The summed E-state index contributed by atoms with van der Waals surface area (Å²) in [6.07, 6.45) is 0. The van der Waals surface area contributed by atoms with Gasteiger partial charge >= 0.3 is 5.69 Å². The smallest absolute Gasteiger partial charge is 0.305 e. The van der Waals surface area contributed by atoms with E-state index < -0.39 is 33.7 Å². The van der Waals surface area contributed by atoms with Gasteiger partial charge in [-0.05, 0) is 13.0 Å². The minimum absolute atomic E-state index is 0.0535. The molecule has 0 saturated carbocycles. The Hall–Kier alpha value is -2.84. The molecule has 0 unspecified atom stereocenters. The second-order valence-corrected chi connectivity index (χ2v) is 3.90. The summed E-state index contributed by atoms with van der Waals surface area (Å²) >= 11 is 0. The van der Waals surface area contributed by atoms with Crippen LogP contribution in [-0.2, 0) is 0 Å². The van der Waals surface area contributed by atoms with Crippen molar-refractivity contribution < 1.29 is 18.5 Å². The van der Waals surface area contributed by atoms with E-state index in [1.807, 2.05) is 0 Å². The monoisotopic (exact) mass is 282 g/mol. The van der Waals surface area contributed by atoms with Crippen molar-refractivity contribution in [3.05, 3.63) is 51.2 Å². The number of hydrogen-bond acceptors (Lipinski definition) is 4. The molecule has 7 nitrogen and oxygen atoms in total. The molecule has 2 N–H and O–H groups in total. The molecule has 20 heavy (non-hydrogen) atoms. The predicted octanol–water partition coefficient (Wildman–Crippen LogP) is 2.16. The molecule has 1 aromatic heterocycles. The number of nitrogens with zero attached hydrogens (tertiary/aromatic N) is 2. The van der Waals surface area contributed by atoms with Gasteiger partial charge < -0.3 is 5.32 Å². The Morgan fingerprint density at radius 1 is 1.45 bits per heavy atom. The fourth-order valence-electron chi connectivity index (χ4n) is 1.55. The molecule has 0 aliphatic rings. The first-order valence-electron chi connectivity index (χ1n) is 5.36. The van der Waals surface area contributed by atoms with Crippen molar-refractivity contribution in [1.82, 2.24) is 10.2 Å². The van der Waals surface area contributed by atoms with E-state index in [2.05, 4.69) is 15.5 Å². The van der Waals surface area contributed by atoms with E-state index >= 15 is 0 Å². The SMILES string of the molecule is Cc1cc(NC(=O)c2c(F)ccc([N+](=O)[O-])c2F)n[nH]1. The highest BCUT2D eigenvalue weighted by molar-refractivity contribution is 6.04. The minimum Gasteiger partial charge on any atom is -0.305 e. The maximum atomic E-state index is 13.8. The molecule has 0 radical (unpaired) electrons. The van der Waals surface area contributed by atoms with Gasteiger partial charge in [0.1, 0.15) is 11.4 Å². The maximum absolute atomic E-state index is 13.8. The first-order valence-corrected chi connectivity index (χ1v) is 5.36. The number of nitrogens with one attached hydrogen (secondary N) is 2. The number of carbonyl (C=O) groups is 1. The maximum Gasteiger partial charge on any atom is 0.305 e. The number of H-pyrrole nitrogens is 1. The zero-order chi connectivity index (χ0) is 14.9. The van der Waals surface area contributed by atoms with Gasteiger partial charge in [0, 0.05) is 17.8 Å². The van der Waals surface area contributed by atoms with Crippen LogP contribution in [0.3, 0.4) is 0 Å². The second kappa shape index (κ2) is 5.03. The number of benzene rings is 1. The third-order valence-corrected chi connectivity index (χ3v) is 2.44. The lowest BCUT2D eigenvalue weighted by molar-refractivity contribution is -0.387. The number of nitro benzene ring substituents is 1. The van der Waals surface area contributed by atoms with Crippen LogP contribution >= 0.6 is 0 Å². The molecule has 1 amide bonds. The number of carbonyl (C=O) groups excluding carboxylic acids is 1. The van der Waals surface area contributed by atoms with Gasteiger partial charge in [0.15, 0.2) is 5.82 Å². The second-order valence-electron chi connectivity index (χ2n) is 3.90. The fourth-order valence-corrected chi connectivity index (χ4v) is 1.55. The molecule has 0 saturated heterocycles. The first kappa shape index (κ1) is 13.6. The van der Waals surface area contributed by atoms with Crippen LogP contribution in [-0.4, -0.2) is 21.0 Å². The molecule has 0 spiro atoms. The van der Waals surface area contributed by atoms with Crippen molar-refractivity contribution in [1.29, 1.82) is 0 Å². The zero-order valence-electron chi connectivity index (χ0n) is 10.1. The normalized spacial score (nSPS) is 10.3. The molecule has 0 aliphatic carbocycles. The molecule has 1 aromatic carbocycles. The Kier molecular flexibility index (Phi) is 3.42. The highest BCUT2D eigenvalue weighted by Gasteiger charge is 2.26. The van der Waals surface area contributed by atoms with E-state index in [-0.39, 0.29) is 5.82 Å². The molecule has 0 atom stereocenters. The van der Waals surface area contributed by atoms with Crippen LogP contribution in [0.5, 0.6) is 0 Å². The van der Waals surface area contributed by atoms with Crippen LogP contribution in [0.4, 0.5) is 20.3 Å². The van der Waals surface area contributed by atoms with Gasteiger partial charge in [-0.3, -0.25) is 20.0 Å². The number of hydrogen-bond donors (Lipinski definition) is 2. The van der Waals surface area contributed by atoms with Gasteiger partial charge in [-0.25, -0.2) is 4.39 Å². The van der Waals surface area contributed by atoms with Crippen molar-refractivity contribution in [2.45, 2.75) is 6.92 Å². The number of aryl methyl sites for hydroxylation is 1. The average molecular weight is 282 g/mol. The molecule has 2 rings (SSSR count). The van der Waals surface area contributed by atoms with E-state index in [0.29, 0.717) is 17.8 Å². The van der Waals surface area contributed by atoms with E-state index in [4.69, 9.17) is 0 Å². The molecular weight excluding hydrogens is 274 g/mol. The van der Waals surface area contributed by atoms with E-state index in [1.54, 1.807) is 6.92 Å². The van der Waals surface area contributed by atoms with Crippen LogP contribution in [0.25, 0.3) is 0 Å². The topological polar surface area (TPSA) is 101 Å². The standard InChI is InChI=1S/C11H8F2N4O3/c1-5-4-8(16-15-5)14-11(18)9-6(12)2-3-7(10(9)13)17(19)20/h2-4H,1H3,(H2,14,15,16,18). The Morgan fingerprint density at radius 2 is 2.15 bits per heavy atom. The van der Waals surface area contributed by atoms with Crippen LogP contribution in [0.15, 0.2) is 18.2 Å². The van der Waals surface area contributed by atoms with Crippen LogP contribution in [0.1, 0.15) is 16.1 Å². The number of amides is 1. The van der Waals surface area contributed by atoms with Crippen LogP contribution < -0.4 is 5.32 Å². The summed E-state index contributed by atoms with van der Waals surface area (Å²) in [6.45, 7) is 1.66. The summed E-state index contributed by atoms with van der Waals surface area (Å²) in [5.41, 5.74) is -1.38. The Balaban J connectivity index is 2.38. The molecule has 0 fully saturated rings. The van der Waals surface area contributed by atoms with Gasteiger partial charge in [0.2, 0.25) is 5.82 Å². The van der Waals surface area contributed by atoms with Gasteiger partial charge in [-0.1, -0.05) is 0 Å². The van der Waals surface area contributed by atoms with Crippen molar-refractivity contribution in [2.24, 2.45) is 0 Å². The summed E-state index contributed by atoms with van der Waals surface area (Å²) in [6, 6.07) is 2.75. The molecule has 2 aromatic rings. The number of aromatic nitrogens is 2. The summed E-state index contributed by atoms with van der Waals surface area (Å²) < 4.78 is 27.3. The number of rotatable bonds is 3. The Morgan fingerprint density at radius 3 is 2.70 bits per heavy atom. The number of halogens is 2. The van der Waals surface area contributed by atoms with Gasteiger partial charge in [0.25, 0.3) is 5.91 Å². The quantitative estimate of drug-likeness (QED) is 0.665. The van der Waals surface area contributed by atoms with Gasteiger partial charge in [0.05, 0.1) is 4.92 Å². The van der Waals surface area contributed by atoms with E-state index in [1.165, 1.54) is 6.07 Å². The molecule has 1 heterocycles. The van der Waals surface area contributed by atoms with Gasteiger partial charge in [-0.15, -0.1) is 0 Å². The third kappa shape index (κ3) is 2.46. The summed E-state index contributed by atoms with van der Waals surface area (Å²) in [4.78, 5) is 21.3. The highest BCUT2D eigenvalue weighted by atomic mass is 19.1. The predicted molar refractivity (Wildman–Crippen MR) is 64.3 cm³/mol. The van der Waals surface area contributed by atoms with Crippen LogP contribution in [0.2, 0.25) is 0 Å². The molecule has 0 bridgehead atoms. The summed E-state index contributed by atoms with van der Waals surface area (Å²) in [7, 11) is 0. The van der Waals surface area contributed by atoms with Gasteiger partial charge in [-0.2, -0.15) is 9.49 Å². The molecule has 9 heteroatoms. The molecule has 104 valence electrons. The molecule has 0 aliphatic heterocycles. The van der Waals surface area contributed by atoms with Crippen molar-refractivity contribution >= 4 is 17.4 Å². The number of anilines is 1. The summed E-state index contributed by atoms with van der Waals surface area (Å²) in [5, 5.41) is 18.9. The lowest BCUT2D eigenvalue weighted by Crippen LogP contribution is -2.17. The third-order valence-electron chi connectivity index (χ3n) is 2.44. The summed E-state index contributed by atoms with van der Waals surface area (Å²) in [5.74, 6) is -3.83. The number of aromatic amines is 1. The van der Waals surface area contributed by atoms with Crippen molar-refractivity contribution in [3.8, 4) is 0 Å². The first-order chi connectivity index (χ1) is 9.40. The lowest BCUT2D eigenvalue weighted by atomic mass is 10.1. The van der Waals surface area contributed by atoms with E-state index in [0.717, 1.165) is 0 Å². The van der Waals surface area contributed by atoms with E-state index in [9.17, 15) is 23.7 Å². The highest BCUT2D eigenvalue weighted by Crippen LogP contribution is 2.23. The Labute approximate surface area is 110 Å². The minimum atomic E-state index is -1.53. The van der Waals surface area contributed by atoms with Crippen molar-refractivity contribution in [3.63, 3.8) is 0 Å². The fraction of sp³-hybridized carbons (Fsp3) is 0.0909. The zero-order valence-corrected chi connectivity index (χ0v) is 10.1. The van der Waals surface area contributed by atoms with Crippen molar-refractivity contribution in [2.75, 3.05) is 5.32 Å². The largest absolute Gasteiger partial charge is 0.305 e. The van der Waals surface area contributed by atoms with Crippen LogP contribution in [0, 0.1) is 28.7 Å². The Bertz CT molecular complexity index is 699. The number of nitro groups is 1.